The molecule has 0 saturated carbocycles. The van der Waals surface area contributed by atoms with Gasteiger partial charge in [-0.2, -0.15) is 0 Å². The molecule has 8 nitrogen and oxygen atoms in total. The van der Waals surface area contributed by atoms with Crippen LogP contribution in [0.4, 0.5) is 0 Å². The van der Waals surface area contributed by atoms with E-state index in [1.165, 1.54) is 31.2 Å². The molecule has 0 bridgehead atoms. The van der Waals surface area contributed by atoms with Gasteiger partial charge in [-0.25, -0.2) is 13.1 Å². The normalized spacial score (nSPS) is 11.1. The average molecular weight is 480 g/mol. The van der Waals surface area contributed by atoms with Gasteiger partial charge in [0.05, 0.1) is 4.90 Å². The minimum atomic E-state index is -3.74. The molecule has 0 aliphatic heterocycles. The van der Waals surface area contributed by atoms with Gasteiger partial charge in [0, 0.05) is 29.8 Å². The Morgan fingerprint density at radius 3 is 2.09 bits per heavy atom. The first-order valence-electron chi connectivity index (χ1n) is 10.5. The lowest BCUT2D eigenvalue weighted by molar-refractivity contribution is 0.0951. The van der Waals surface area contributed by atoms with Gasteiger partial charge in [0.25, 0.3) is 5.91 Å². The SMILES string of the molecule is CC(=O)c1ccc(S(=O)(=O)NCc2ccc(C(=O)NCCc3cccc(C(N)=O)c3)cc2)cc1. The van der Waals surface area contributed by atoms with E-state index in [0.29, 0.717) is 35.2 Å². The zero-order valence-electron chi connectivity index (χ0n) is 18.6. The molecule has 3 rings (SSSR count). The van der Waals surface area contributed by atoms with Crippen molar-refractivity contribution in [2.24, 2.45) is 5.73 Å². The summed E-state index contributed by atoms with van der Waals surface area (Å²) in [5.74, 6) is -0.902. The highest BCUT2D eigenvalue weighted by molar-refractivity contribution is 7.89. The molecule has 2 amide bonds. The van der Waals surface area contributed by atoms with Crippen molar-refractivity contribution in [3.8, 4) is 0 Å². The first-order chi connectivity index (χ1) is 16.2. The highest BCUT2D eigenvalue weighted by Gasteiger charge is 2.14. The van der Waals surface area contributed by atoms with Gasteiger partial charge in [0.15, 0.2) is 5.78 Å². The van der Waals surface area contributed by atoms with Crippen LogP contribution in [-0.2, 0) is 23.0 Å². The molecule has 0 saturated heterocycles. The molecule has 3 aromatic rings. The molecule has 0 heterocycles. The highest BCUT2D eigenvalue weighted by Crippen LogP contribution is 2.12. The fourth-order valence-electron chi connectivity index (χ4n) is 3.21. The smallest absolute Gasteiger partial charge is 0.251 e. The van der Waals surface area contributed by atoms with E-state index in [4.69, 9.17) is 5.73 Å². The summed E-state index contributed by atoms with van der Waals surface area (Å²) in [6.07, 6.45) is 0.542. The molecule has 0 aliphatic carbocycles. The second-order valence-corrected chi connectivity index (χ2v) is 9.44. The number of hydrogen-bond donors (Lipinski definition) is 3. The Kier molecular flexibility index (Phi) is 7.93. The number of carbonyl (C=O) groups excluding carboxylic acids is 3. The molecular formula is C25H25N3O5S. The number of hydrogen-bond acceptors (Lipinski definition) is 5. The number of sulfonamides is 1. The monoisotopic (exact) mass is 479 g/mol. The van der Waals surface area contributed by atoms with Gasteiger partial charge in [0.2, 0.25) is 15.9 Å². The lowest BCUT2D eigenvalue weighted by atomic mass is 10.1. The van der Waals surface area contributed by atoms with Gasteiger partial charge in [-0.15, -0.1) is 0 Å². The largest absolute Gasteiger partial charge is 0.366 e. The van der Waals surface area contributed by atoms with E-state index in [1.54, 1.807) is 42.5 Å². The lowest BCUT2D eigenvalue weighted by Gasteiger charge is -2.09. The number of nitrogens with one attached hydrogen (secondary N) is 2. The Balaban J connectivity index is 1.52. The first-order valence-corrected chi connectivity index (χ1v) is 12.0. The number of carbonyl (C=O) groups is 3. The Morgan fingerprint density at radius 1 is 0.824 bits per heavy atom. The van der Waals surface area contributed by atoms with E-state index in [-0.39, 0.29) is 23.1 Å². The lowest BCUT2D eigenvalue weighted by Crippen LogP contribution is -2.26. The van der Waals surface area contributed by atoms with Crippen LogP contribution in [0.1, 0.15) is 49.1 Å². The number of Topliss-reactive ketones (excluding diaryl/α,β-unsaturated/α-hetero) is 1. The number of primary amides is 1. The number of amides is 2. The molecule has 0 fully saturated rings. The van der Waals surface area contributed by atoms with Crippen LogP contribution in [0, 0.1) is 0 Å². The van der Waals surface area contributed by atoms with Crippen LogP contribution in [0.15, 0.2) is 77.7 Å². The molecule has 0 aromatic heterocycles. The molecule has 0 unspecified atom stereocenters. The second kappa shape index (κ2) is 10.9. The van der Waals surface area contributed by atoms with Crippen LogP contribution >= 0.6 is 0 Å². The summed E-state index contributed by atoms with van der Waals surface area (Å²) >= 11 is 0. The standard InChI is InChI=1S/C25H25N3O5S/c1-17(29)20-9-11-23(12-10-20)34(32,33)28-16-19-5-7-21(8-6-19)25(31)27-14-13-18-3-2-4-22(15-18)24(26)30/h2-12,15,28H,13-14,16H2,1H3,(H2,26,30)(H,27,31). The van der Waals surface area contributed by atoms with Gasteiger partial charge in [0.1, 0.15) is 0 Å². The van der Waals surface area contributed by atoms with E-state index < -0.39 is 15.9 Å². The van der Waals surface area contributed by atoms with Crippen LogP contribution in [0.5, 0.6) is 0 Å². The minimum absolute atomic E-state index is 0.0505. The summed E-state index contributed by atoms with van der Waals surface area (Å²) in [6.45, 7) is 1.84. The first kappa shape index (κ1) is 24.8. The Labute approximate surface area is 198 Å². The van der Waals surface area contributed by atoms with Crippen molar-refractivity contribution in [1.29, 1.82) is 0 Å². The van der Waals surface area contributed by atoms with Crippen LogP contribution in [-0.4, -0.2) is 32.6 Å². The van der Waals surface area contributed by atoms with Gasteiger partial charge in [-0.3, -0.25) is 14.4 Å². The van der Waals surface area contributed by atoms with Crippen molar-refractivity contribution < 1.29 is 22.8 Å². The molecule has 4 N–H and O–H groups in total. The van der Waals surface area contributed by atoms with Gasteiger partial charge < -0.3 is 11.1 Å². The van der Waals surface area contributed by atoms with Gasteiger partial charge in [-0.1, -0.05) is 36.4 Å². The molecule has 0 atom stereocenters. The zero-order valence-corrected chi connectivity index (χ0v) is 19.4. The highest BCUT2D eigenvalue weighted by atomic mass is 32.2. The summed E-state index contributed by atoms with van der Waals surface area (Å²) in [5, 5.41) is 2.82. The van der Waals surface area contributed by atoms with E-state index >= 15 is 0 Å². The van der Waals surface area contributed by atoms with Crippen LogP contribution in [0.2, 0.25) is 0 Å². The summed E-state index contributed by atoms with van der Waals surface area (Å²) in [7, 11) is -3.74. The number of rotatable bonds is 10. The number of benzene rings is 3. The maximum absolute atomic E-state index is 12.5. The van der Waals surface area contributed by atoms with Crippen LogP contribution in [0.25, 0.3) is 0 Å². The molecule has 0 spiro atoms. The number of nitrogens with two attached hydrogens (primary N) is 1. The Bertz CT molecular complexity index is 1300. The van der Waals surface area contributed by atoms with Crippen molar-refractivity contribution >= 4 is 27.6 Å². The van der Waals surface area contributed by atoms with Crippen molar-refractivity contribution in [2.45, 2.75) is 24.8 Å². The van der Waals surface area contributed by atoms with E-state index in [9.17, 15) is 22.8 Å². The molecule has 176 valence electrons. The van der Waals surface area contributed by atoms with E-state index in [2.05, 4.69) is 10.0 Å². The second-order valence-electron chi connectivity index (χ2n) is 7.67. The number of ketones is 1. The summed E-state index contributed by atoms with van der Waals surface area (Å²) in [4.78, 5) is 35.0. The third-order valence-electron chi connectivity index (χ3n) is 5.16. The quantitative estimate of drug-likeness (QED) is 0.384. The van der Waals surface area contributed by atoms with E-state index in [1.807, 2.05) is 6.07 Å². The fourth-order valence-corrected chi connectivity index (χ4v) is 4.22. The molecule has 34 heavy (non-hydrogen) atoms. The van der Waals surface area contributed by atoms with E-state index in [0.717, 1.165) is 5.56 Å². The third kappa shape index (κ3) is 6.60. The maximum Gasteiger partial charge on any atom is 0.251 e. The predicted molar refractivity (Wildman–Crippen MR) is 128 cm³/mol. The summed E-state index contributed by atoms with van der Waals surface area (Å²) in [6, 6.07) is 19.2. The van der Waals surface area contributed by atoms with Crippen LogP contribution in [0.3, 0.4) is 0 Å². The maximum atomic E-state index is 12.5. The minimum Gasteiger partial charge on any atom is -0.366 e. The van der Waals surface area contributed by atoms with Crippen molar-refractivity contribution in [2.75, 3.05) is 6.54 Å². The third-order valence-corrected chi connectivity index (χ3v) is 6.58. The Hall–Kier alpha value is -3.82. The summed E-state index contributed by atoms with van der Waals surface area (Å²) < 4.78 is 27.4. The molecule has 9 heteroatoms. The average Bonchev–Trinajstić information content (AvgIpc) is 2.83. The predicted octanol–water partition coefficient (Wildman–Crippen LogP) is 2.44. The van der Waals surface area contributed by atoms with Gasteiger partial charge in [-0.05, 0) is 60.9 Å². The van der Waals surface area contributed by atoms with Crippen molar-refractivity contribution in [3.63, 3.8) is 0 Å². The molecular weight excluding hydrogens is 454 g/mol. The topological polar surface area (TPSA) is 135 Å². The molecule has 0 aliphatic rings. The zero-order chi connectivity index (χ0) is 24.7. The van der Waals surface area contributed by atoms with Crippen LogP contribution < -0.4 is 15.8 Å². The molecule has 3 aromatic carbocycles. The van der Waals surface area contributed by atoms with Crippen molar-refractivity contribution in [3.05, 3.63) is 101 Å². The Morgan fingerprint density at radius 2 is 1.47 bits per heavy atom. The molecule has 0 radical (unpaired) electrons. The fraction of sp³-hybridized carbons (Fsp3) is 0.160. The van der Waals surface area contributed by atoms with Crippen molar-refractivity contribution in [1.82, 2.24) is 10.0 Å². The van der Waals surface area contributed by atoms with Gasteiger partial charge >= 0.3 is 0 Å². The summed E-state index contributed by atoms with van der Waals surface area (Å²) in [5.41, 5.74) is 8.15.